The van der Waals surface area contributed by atoms with E-state index >= 15 is 0 Å². The molecule has 148 valence electrons. The van der Waals surface area contributed by atoms with Crippen molar-refractivity contribution in [1.82, 2.24) is 0 Å². The Morgan fingerprint density at radius 1 is 0.519 bits per heavy atom. The van der Waals surface area contributed by atoms with Crippen LogP contribution in [0.25, 0.3) is 0 Å². The van der Waals surface area contributed by atoms with Gasteiger partial charge in [0.15, 0.2) is 0 Å². The van der Waals surface area contributed by atoms with E-state index in [2.05, 4.69) is 0 Å². The van der Waals surface area contributed by atoms with Crippen LogP contribution in [-0.2, 0) is 0 Å². The molecule has 7 heteroatoms. The molecule has 0 amide bonds. The van der Waals surface area contributed by atoms with Crippen LogP contribution < -0.4 is 9.80 Å². The average Bonchev–Trinajstić information content (AvgIpc) is 2.69. The number of aliphatic hydroxyl groups excluding tert-OH is 4. The molecule has 2 aromatic rings. The number of nitrogens with zero attached hydrogens (tertiary/aromatic N) is 2. The lowest BCUT2D eigenvalue weighted by atomic mass is 10.3. The van der Waals surface area contributed by atoms with Crippen LogP contribution in [0.1, 0.15) is 0 Å². The first-order valence-electron chi connectivity index (χ1n) is 9.03. The summed E-state index contributed by atoms with van der Waals surface area (Å²) in [5, 5.41) is 36.6. The van der Waals surface area contributed by atoms with Crippen molar-refractivity contribution < 1.29 is 20.4 Å². The Kier molecular flexibility index (Phi) is 9.44. The van der Waals surface area contributed by atoms with Gasteiger partial charge in [0.05, 0.1) is 26.4 Å². The standard InChI is InChI=1S/C20H28N2O4S/c23-13-9-21(10-14-24)17-1-5-19(6-2-17)27-20-7-3-18(4-8-20)22(11-15-25)12-16-26/h1-8,23-26H,9-16H2. The monoisotopic (exact) mass is 392 g/mol. The zero-order valence-corrected chi connectivity index (χ0v) is 16.2. The minimum atomic E-state index is 0.0480. The quantitative estimate of drug-likeness (QED) is 0.435. The molecule has 0 spiro atoms. The molecular formula is C20H28N2O4S. The average molecular weight is 393 g/mol. The van der Waals surface area contributed by atoms with E-state index < -0.39 is 0 Å². The third-order valence-corrected chi connectivity index (χ3v) is 5.13. The largest absolute Gasteiger partial charge is 0.395 e. The Balaban J connectivity index is 2.02. The molecule has 0 aliphatic carbocycles. The van der Waals surface area contributed by atoms with Gasteiger partial charge < -0.3 is 30.2 Å². The van der Waals surface area contributed by atoms with Crippen molar-refractivity contribution in [1.29, 1.82) is 0 Å². The van der Waals surface area contributed by atoms with Gasteiger partial charge in [-0.1, -0.05) is 11.8 Å². The number of benzene rings is 2. The van der Waals surface area contributed by atoms with Gasteiger partial charge >= 0.3 is 0 Å². The van der Waals surface area contributed by atoms with Crippen LogP contribution in [0.5, 0.6) is 0 Å². The number of anilines is 2. The topological polar surface area (TPSA) is 87.4 Å². The third kappa shape index (κ3) is 6.71. The fourth-order valence-corrected chi connectivity index (χ4v) is 3.63. The van der Waals surface area contributed by atoms with E-state index in [0.29, 0.717) is 26.2 Å². The zero-order valence-electron chi connectivity index (χ0n) is 15.4. The minimum Gasteiger partial charge on any atom is -0.395 e. The highest BCUT2D eigenvalue weighted by molar-refractivity contribution is 7.99. The first-order chi connectivity index (χ1) is 13.2. The molecule has 27 heavy (non-hydrogen) atoms. The molecule has 2 aromatic carbocycles. The van der Waals surface area contributed by atoms with Crippen LogP contribution >= 0.6 is 11.8 Å². The fourth-order valence-electron chi connectivity index (χ4n) is 2.81. The Hall–Kier alpha value is -1.77. The fraction of sp³-hybridized carbons (Fsp3) is 0.400. The summed E-state index contributed by atoms with van der Waals surface area (Å²) in [6, 6.07) is 16.1. The van der Waals surface area contributed by atoms with Crippen molar-refractivity contribution in [3.63, 3.8) is 0 Å². The summed E-state index contributed by atoms with van der Waals surface area (Å²) in [7, 11) is 0. The molecule has 0 unspecified atom stereocenters. The second-order valence-electron chi connectivity index (χ2n) is 5.96. The Morgan fingerprint density at radius 3 is 1.07 bits per heavy atom. The number of hydrogen-bond donors (Lipinski definition) is 4. The van der Waals surface area contributed by atoms with E-state index in [0.717, 1.165) is 21.2 Å². The first-order valence-corrected chi connectivity index (χ1v) is 9.84. The van der Waals surface area contributed by atoms with Gasteiger partial charge in [0.1, 0.15) is 0 Å². The van der Waals surface area contributed by atoms with E-state index in [1.54, 1.807) is 11.8 Å². The van der Waals surface area contributed by atoms with Crippen molar-refractivity contribution >= 4 is 23.1 Å². The second kappa shape index (κ2) is 11.8. The predicted molar refractivity (Wildman–Crippen MR) is 110 cm³/mol. The van der Waals surface area contributed by atoms with E-state index in [-0.39, 0.29) is 26.4 Å². The van der Waals surface area contributed by atoms with Gasteiger partial charge in [-0.3, -0.25) is 0 Å². The highest BCUT2D eigenvalue weighted by atomic mass is 32.2. The zero-order chi connectivity index (χ0) is 19.5. The summed E-state index contributed by atoms with van der Waals surface area (Å²) < 4.78 is 0. The molecule has 0 aliphatic heterocycles. The SMILES string of the molecule is OCCN(CCO)c1ccc(Sc2ccc(N(CCO)CCO)cc2)cc1. The highest BCUT2D eigenvalue weighted by Gasteiger charge is 2.07. The molecule has 0 fully saturated rings. The van der Waals surface area contributed by atoms with E-state index in [4.69, 9.17) is 20.4 Å². The molecule has 6 nitrogen and oxygen atoms in total. The van der Waals surface area contributed by atoms with Gasteiger partial charge in [-0.15, -0.1) is 0 Å². The molecule has 4 N–H and O–H groups in total. The second-order valence-corrected chi connectivity index (χ2v) is 7.11. The summed E-state index contributed by atoms with van der Waals surface area (Å²) in [6.45, 7) is 2.16. The number of rotatable bonds is 12. The smallest absolute Gasteiger partial charge is 0.0606 e. The first kappa shape index (κ1) is 21.5. The summed E-state index contributed by atoms with van der Waals surface area (Å²) in [4.78, 5) is 6.09. The lowest BCUT2D eigenvalue weighted by Crippen LogP contribution is -2.29. The maximum atomic E-state index is 9.14. The van der Waals surface area contributed by atoms with Crippen LogP contribution in [0.2, 0.25) is 0 Å². The van der Waals surface area contributed by atoms with Crippen molar-refractivity contribution in [2.45, 2.75) is 9.79 Å². The maximum Gasteiger partial charge on any atom is 0.0606 e. The van der Waals surface area contributed by atoms with E-state index in [1.807, 2.05) is 58.3 Å². The lowest BCUT2D eigenvalue weighted by Gasteiger charge is -2.23. The molecule has 0 aromatic heterocycles. The molecule has 0 aliphatic rings. The Labute approximate surface area is 164 Å². The Bertz CT molecular complexity index is 583. The lowest BCUT2D eigenvalue weighted by molar-refractivity contribution is 0.280. The number of hydrogen-bond acceptors (Lipinski definition) is 7. The van der Waals surface area contributed by atoms with Gasteiger partial charge in [0.25, 0.3) is 0 Å². The molecule has 0 atom stereocenters. The maximum absolute atomic E-state index is 9.14. The summed E-state index contributed by atoms with van der Waals surface area (Å²) in [5.74, 6) is 0. The van der Waals surface area contributed by atoms with Gasteiger partial charge in [-0.05, 0) is 48.5 Å². The Morgan fingerprint density at radius 2 is 0.815 bits per heavy atom. The van der Waals surface area contributed by atoms with Crippen molar-refractivity contribution in [2.75, 3.05) is 62.4 Å². The van der Waals surface area contributed by atoms with Crippen LogP contribution in [-0.4, -0.2) is 73.0 Å². The van der Waals surface area contributed by atoms with Crippen molar-refractivity contribution in [2.24, 2.45) is 0 Å². The molecule has 2 rings (SSSR count). The van der Waals surface area contributed by atoms with Gasteiger partial charge in [-0.2, -0.15) is 0 Å². The van der Waals surface area contributed by atoms with E-state index in [9.17, 15) is 0 Å². The van der Waals surface area contributed by atoms with E-state index in [1.165, 1.54) is 0 Å². The highest BCUT2D eigenvalue weighted by Crippen LogP contribution is 2.30. The minimum absolute atomic E-state index is 0.0480. The summed E-state index contributed by atoms with van der Waals surface area (Å²) in [6.07, 6.45) is 0. The molecule has 0 saturated carbocycles. The summed E-state index contributed by atoms with van der Waals surface area (Å²) >= 11 is 1.65. The molecule has 0 bridgehead atoms. The predicted octanol–water partition coefficient (Wildman–Crippen LogP) is 1.42. The number of aliphatic hydroxyl groups is 4. The van der Waals surface area contributed by atoms with Gasteiger partial charge in [0.2, 0.25) is 0 Å². The molecule has 0 radical (unpaired) electrons. The van der Waals surface area contributed by atoms with Crippen LogP contribution in [0.15, 0.2) is 58.3 Å². The van der Waals surface area contributed by atoms with Crippen LogP contribution in [0.4, 0.5) is 11.4 Å². The summed E-state index contributed by atoms with van der Waals surface area (Å²) in [5.41, 5.74) is 1.95. The van der Waals surface area contributed by atoms with Crippen LogP contribution in [0, 0.1) is 0 Å². The van der Waals surface area contributed by atoms with Gasteiger partial charge in [0, 0.05) is 47.3 Å². The van der Waals surface area contributed by atoms with Gasteiger partial charge in [-0.25, -0.2) is 0 Å². The molecular weight excluding hydrogens is 364 g/mol. The van der Waals surface area contributed by atoms with Crippen LogP contribution in [0.3, 0.4) is 0 Å². The molecule has 0 saturated heterocycles. The third-order valence-electron chi connectivity index (χ3n) is 4.12. The molecule has 0 heterocycles. The van der Waals surface area contributed by atoms with Crippen molar-refractivity contribution in [3.8, 4) is 0 Å². The normalized spacial score (nSPS) is 10.8. The van der Waals surface area contributed by atoms with Crippen molar-refractivity contribution in [3.05, 3.63) is 48.5 Å².